The summed E-state index contributed by atoms with van der Waals surface area (Å²) < 4.78 is 7.87. The number of fused-ring (bicyclic) bond motifs is 1. The number of nitrogens with zero attached hydrogens (tertiary/aromatic N) is 1. The molecule has 0 saturated carbocycles. The summed E-state index contributed by atoms with van der Waals surface area (Å²) in [6.07, 6.45) is 0. The van der Waals surface area contributed by atoms with E-state index in [1.807, 2.05) is 36.4 Å². The molecular weight excluding hydrogens is 284 g/mol. The zero-order valence-corrected chi connectivity index (χ0v) is 12.3. The molecule has 0 amide bonds. The molecule has 21 heavy (non-hydrogen) atoms. The largest absolute Gasteiger partial charge is 0.497 e. The molecule has 3 aromatic rings. The predicted octanol–water partition coefficient (Wildman–Crippen LogP) is 3.07. The number of Topliss-reactive ketones (excluding diaryl/α,β-unsaturated/α-hetero) is 1. The molecule has 0 spiro atoms. The van der Waals surface area contributed by atoms with E-state index in [0.717, 1.165) is 16.0 Å². The number of ether oxygens (including phenoxy) is 1. The first-order chi connectivity index (χ1) is 10.2. The number of rotatable bonds is 4. The Morgan fingerprint density at radius 2 is 2.00 bits per heavy atom. The van der Waals surface area contributed by atoms with Crippen molar-refractivity contribution in [3.8, 4) is 5.75 Å². The quantitative estimate of drug-likeness (QED) is 0.753. The summed E-state index contributed by atoms with van der Waals surface area (Å²) in [4.78, 5) is 12.7. The second kappa shape index (κ2) is 5.54. The molecule has 106 valence electrons. The van der Waals surface area contributed by atoms with Gasteiger partial charge in [-0.05, 0) is 18.2 Å². The lowest BCUT2D eigenvalue weighted by molar-refractivity contribution is 0.0972. The van der Waals surface area contributed by atoms with Crippen molar-refractivity contribution in [1.29, 1.82) is 5.41 Å². The molecule has 0 aliphatic rings. The van der Waals surface area contributed by atoms with Crippen molar-refractivity contribution in [2.45, 2.75) is 6.54 Å². The highest BCUT2D eigenvalue weighted by Gasteiger charge is 2.11. The molecule has 1 heterocycles. The van der Waals surface area contributed by atoms with Gasteiger partial charge in [-0.15, -0.1) is 0 Å². The standard InChI is InChI=1S/C16H14N2O2S/c1-20-12-7-8-13-15(9-12)21-16(17)18(13)10-14(19)11-5-3-2-4-6-11/h2-9,17H,10H2,1H3. The first-order valence-electron chi connectivity index (χ1n) is 6.49. The van der Waals surface area contributed by atoms with Crippen LogP contribution in [0.2, 0.25) is 0 Å². The highest BCUT2D eigenvalue weighted by molar-refractivity contribution is 7.16. The molecular formula is C16H14N2O2S. The number of hydrogen-bond acceptors (Lipinski definition) is 4. The fourth-order valence-electron chi connectivity index (χ4n) is 2.21. The lowest BCUT2D eigenvalue weighted by Crippen LogP contribution is -2.19. The average Bonchev–Trinajstić information content (AvgIpc) is 2.83. The third-order valence-corrected chi connectivity index (χ3v) is 4.27. The van der Waals surface area contributed by atoms with Crippen LogP contribution in [0.1, 0.15) is 10.4 Å². The molecule has 0 radical (unpaired) electrons. The Labute approximate surface area is 125 Å². The number of benzene rings is 2. The summed E-state index contributed by atoms with van der Waals surface area (Å²) in [6.45, 7) is 0.176. The van der Waals surface area contributed by atoms with Gasteiger partial charge < -0.3 is 9.30 Å². The van der Waals surface area contributed by atoms with Crippen molar-refractivity contribution in [3.05, 3.63) is 58.9 Å². The Balaban J connectivity index is 1.99. The molecule has 1 aromatic heterocycles. The van der Waals surface area contributed by atoms with Crippen molar-refractivity contribution in [3.63, 3.8) is 0 Å². The van der Waals surface area contributed by atoms with Crippen LogP contribution < -0.4 is 9.54 Å². The van der Waals surface area contributed by atoms with Gasteiger partial charge in [0.25, 0.3) is 0 Å². The minimum absolute atomic E-state index is 0.00428. The molecule has 0 fully saturated rings. The van der Waals surface area contributed by atoms with Crippen molar-refractivity contribution in [1.82, 2.24) is 4.57 Å². The van der Waals surface area contributed by atoms with Gasteiger partial charge in [0.05, 0.1) is 23.9 Å². The summed E-state index contributed by atoms with van der Waals surface area (Å²) in [5.74, 6) is 0.759. The number of thiazole rings is 1. The monoisotopic (exact) mass is 298 g/mol. The normalized spacial score (nSPS) is 10.7. The van der Waals surface area contributed by atoms with E-state index in [0.29, 0.717) is 10.4 Å². The highest BCUT2D eigenvalue weighted by atomic mass is 32.1. The molecule has 0 aliphatic carbocycles. The maximum Gasteiger partial charge on any atom is 0.183 e. The van der Waals surface area contributed by atoms with Crippen molar-refractivity contribution >= 4 is 27.3 Å². The Kier molecular flexibility index (Phi) is 3.58. The van der Waals surface area contributed by atoms with E-state index in [1.165, 1.54) is 11.3 Å². The summed E-state index contributed by atoms with van der Waals surface area (Å²) >= 11 is 1.34. The van der Waals surface area contributed by atoms with Crippen LogP contribution in [0.3, 0.4) is 0 Å². The summed E-state index contributed by atoms with van der Waals surface area (Å²) in [5.41, 5.74) is 1.55. The molecule has 2 aromatic carbocycles. The Morgan fingerprint density at radius 3 is 2.71 bits per heavy atom. The SMILES string of the molecule is COc1ccc2c(c1)sc(=N)n2CC(=O)c1ccccc1. The molecule has 0 saturated heterocycles. The van der Waals surface area contributed by atoms with E-state index in [2.05, 4.69) is 0 Å². The summed E-state index contributed by atoms with van der Waals surface area (Å²) in [5, 5.41) is 8.07. The van der Waals surface area contributed by atoms with Gasteiger partial charge in [-0.3, -0.25) is 10.2 Å². The first-order valence-corrected chi connectivity index (χ1v) is 7.31. The third-order valence-electron chi connectivity index (χ3n) is 3.31. The first kappa shape index (κ1) is 13.6. The van der Waals surface area contributed by atoms with Crippen LogP contribution in [-0.4, -0.2) is 17.5 Å². The summed E-state index contributed by atoms with van der Waals surface area (Å²) in [7, 11) is 1.61. The Bertz CT molecular complexity index is 850. The number of nitrogens with one attached hydrogen (secondary N) is 1. The van der Waals surface area contributed by atoms with Crippen LogP contribution in [0, 0.1) is 5.41 Å². The van der Waals surface area contributed by atoms with Crippen LogP contribution in [0.5, 0.6) is 5.75 Å². The molecule has 5 heteroatoms. The maximum absolute atomic E-state index is 12.3. The van der Waals surface area contributed by atoms with Gasteiger partial charge in [0.15, 0.2) is 10.6 Å². The maximum atomic E-state index is 12.3. The zero-order chi connectivity index (χ0) is 14.8. The molecule has 0 bridgehead atoms. The molecule has 0 unspecified atom stereocenters. The van der Waals surface area contributed by atoms with Crippen LogP contribution in [0.25, 0.3) is 10.2 Å². The van der Waals surface area contributed by atoms with E-state index in [-0.39, 0.29) is 12.3 Å². The van der Waals surface area contributed by atoms with E-state index in [1.54, 1.807) is 23.8 Å². The summed E-state index contributed by atoms with van der Waals surface area (Å²) in [6, 6.07) is 14.8. The topological polar surface area (TPSA) is 55.1 Å². The lowest BCUT2D eigenvalue weighted by atomic mass is 10.1. The van der Waals surface area contributed by atoms with Crippen molar-refractivity contribution in [2.24, 2.45) is 0 Å². The zero-order valence-electron chi connectivity index (χ0n) is 11.5. The second-order valence-electron chi connectivity index (χ2n) is 4.62. The molecule has 0 aliphatic heterocycles. The number of carbonyl (C=O) groups is 1. The van der Waals surface area contributed by atoms with Crippen LogP contribution in [0.4, 0.5) is 0 Å². The minimum atomic E-state index is 0.00428. The van der Waals surface area contributed by atoms with E-state index >= 15 is 0 Å². The van der Waals surface area contributed by atoms with Gasteiger partial charge in [-0.25, -0.2) is 0 Å². The number of carbonyl (C=O) groups excluding carboxylic acids is 1. The fraction of sp³-hybridized carbons (Fsp3) is 0.125. The Morgan fingerprint density at radius 1 is 1.24 bits per heavy atom. The van der Waals surface area contributed by atoms with Crippen molar-refractivity contribution < 1.29 is 9.53 Å². The predicted molar refractivity (Wildman–Crippen MR) is 83.0 cm³/mol. The molecule has 0 atom stereocenters. The number of ketones is 1. The van der Waals surface area contributed by atoms with Gasteiger partial charge in [0.1, 0.15) is 5.75 Å². The van der Waals surface area contributed by atoms with Gasteiger partial charge in [0, 0.05) is 5.56 Å². The molecule has 4 nitrogen and oxygen atoms in total. The second-order valence-corrected chi connectivity index (χ2v) is 5.65. The van der Waals surface area contributed by atoms with Crippen LogP contribution in [-0.2, 0) is 6.54 Å². The number of hydrogen-bond donors (Lipinski definition) is 1. The number of aromatic nitrogens is 1. The Hall–Kier alpha value is -2.40. The van der Waals surface area contributed by atoms with Crippen LogP contribution >= 0.6 is 11.3 Å². The molecule has 1 N–H and O–H groups in total. The smallest absolute Gasteiger partial charge is 0.183 e. The highest BCUT2D eigenvalue weighted by Crippen LogP contribution is 2.23. The van der Waals surface area contributed by atoms with E-state index in [9.17, 15) is 4.79 Å². The minimum Gasteiger partial charge on any atom is -0.497 e. The van der Waals surface area contributed by atoms with E-state index < -0.39 is 0 Å². The molecule has 3 rings (SSSR count). The van der Waals surface area contributed by atoms with Crippen LogP contribution in [0.15, 0.2) is 48.5 Å². The van der Waals surface area contributed by atoms with Gasteiger partial charge in [-0.1, -0.05) is 41.7 Å². The van der Waals surface area contributed by atoms with Gasteiger partial charge in [0.2, 0.25) is 0 Å². The number of methoxy groups -OCH3 is 1. The average molecular weight is 298 g/mol. The van der Waals surface area contributed by atoms with Crippen molar-refractivity contribution in [2.75, 3.05) is 7.11 Å². The van der Waals surface area contributed by atoms with Gasteiger partial charge in [-0.2, -0.15) is 0 Å². The van der Waals surface area contributed by atoms with E-state index in [4.69, 9.17) is 10.1 Å². The fourth-order valence-corrected chi connectivity index (χ4v) is 3.15. The lowest BCUT2D eigenvalue weighted by Gasteiger charge is -2.05. The third kappa shape index (κ3) is 2.60. The van der Waals surface area contributed by atoms with Gasteiger partial charge >= 0.3 is 0 Å².